The zero-order chi connectivity index (χ0) is 15.1. The molecule has 7 heteroatoms. The van der Waals surface area contributed by atoms with Crippen LogP contribution in [0.1, 0.15) is 24.2 Å². The van der Waals surface area contributed by atoms with Crippen molar-refractivity contribution in [1.82, 2.24) is 10.2 Å². The van der Waals surface area contributed by atoms with Crippen LogP contribution in [0.2, 0.25) is 5.02 Å². The first-order valence-corrected chi connectivity index (χ1v) is 6.32. The molecule has 3 N–H and O–H groups in total. The van der Waals surface area contributed by atoms with E-state index in [1.54, 1.807) is 13.8 Å². The molecule has 3 amide bonds. The minimum absolute atomic E-state index is 0.190. The van der Waals surface area contributed by atoms with Crippen LogP contribution in [0.5, 0.6) is 0 Å². The van der Waals surface area contributed by atoms with Gasteiger partial charge in [-0.3, -0.25) is 19.7 Å². The van der Waals surface area contributed by atoms with Gasteiger partial charge in [-0.1, -0.05) is 11.6 Å². The van der Waals surface area contributed by atoms with Crippen molar-refractivity contribution in [2.45, 2.75) is 19.4 Å². The molecule has 0 atom stereocenters. The molecule has 1 fully saturated rings. The van der Waals surface area contributed by atoms with Crippen LogP contribution >= 0.6 is 11.6 Å². The van der Waals surface area contributed by atoms with E-state index in [1.807, 2.05) is 0 Å². The Morgan fingerprint density at radius 3 is 2.60 bits per heavy atom. The Morgan fingerprint density at radius 2 is 2.00 bits per heavy atom. The summed E-state index contributed by atoms with van der Waals surface area (Å²) in [5.74, 6) is -1.50. The van der Waals surface area contributed by atoms with Gasteiger partial charge in [-0.05, 0) is 32.0 Å². The lowest BCUT2D eigenvalue weighted by Crippen LogP contribution is -2.65. The third-order valence-electron chi connectivity index (χ3n) is 3.20. The molecular weight excluding hydrogens is 282 g/mol. The number of imide groups is 1. The van der Waals surface area contributed by atoms with Crippen molar-refractivity contribution in [2.75, 3.05) is 12.3 Å². The highest BCUT2D eigenvalue weighted by Gasteiger charge is 2.43. The summed E-state index contributed by atoms with van der Waals surface area (Å²) in [6.45, 7) is 2.95. The van der Waals surface area contributed by atoms with Crippen molar-refractivity contribution in [1.29, 1.82) is 0 Å². The number of nitrogens with zero attached hydrogens (tertiary/aromatic N) is 1. The van der Waals surface area contributed by atoms with Crippen LogP contribution < -0.4 is 11.1 Å². The monoisotopic (exact) mass is 295 g/mol. The van der Waals surface area contributed by atoms with E-state index in [2.05, 4.69) is 5.32 Å². The van der Waals surface area contributed by atoms with Gasteiger partial charge in [-0.25, -0.2) is 0 Å². The van der Waals surface area contributed by atoms with Crippen LogP contribution in [0.25, 0.3) is 0 Å². The smallest absolute Gasteiger partial charge is 0.255 e. The molecule has 1 aliphatic heterocycles. The lowest BCUT2D eigenvalue weighted by atomic mass is 9.97. The van der Waals surface area contributed by atoms with Gasteiger partial charge in [0.15, 0.2) is 0 Å². The van der Waals surface area contributed by atoms with Gasteiger partial charge in [-0.15, -0.1) is 0 Å². The van der Waals surface area contributed by atoms with Crippen LogP contribution in [-0.2, 0) is 9.59 Å². The van der Waals surface area contributed by atoms with Gasteiger partial charge in [0.2, 0.25) is 5.91 Å². The van der Waals surface area contributed by atoms with E-state index in [9.17, 15) is 14.4 Å². The number of nitrogen functional groups attached to an aromatic ring is 1. The fourth-order valence-electron chi connectivity index (χ4n) is 2.00. The fourth-order valence-corrected chi connectivity index (χ4v) is 2.24. The number of anilines is 1. The summed E-state index contributed by atoms with van der Waals surface area (Å²) < 4.78 is 0. The zero-order valence-corrected chi connectivity index (χ0v) is 11.8. The highest BCUT2D eigenvalue weighted by Crippen LogP contribution is 2.24. The molecule has 0 radical (unpaired) electrons. The molecule has 1 heterocycles. The molecule has 1 aromatic carbocycles. The fraction of sp³-hybridized carbons (Fsp3) is 0.308. The largest absolute Gasteiger partial charge is 0.399 e. The molecule has 20 heavy (non-hydrogen) atoms. The van der Waals surface area contributed by atoms with E-state index >= 15 is 0 Å². The number of piperazine rings is 1. The van der Waals surface area contributed by atoms with E-state index in [1.165, 1.54) is 23.1 Å². The second-order valence-electron chi connectivity index (χ2n) is 5.10. The maximum atomic E-state index is 12.5. The van der Waals surface area contributed by atoms with Crippen molar-refractivity contribution >= 4 is 35.0 Å². The van der Waals surface area contributed by atoms with Gasteiger partial charge in [0, 0.05) is 16.3 Å². The van der Waals surface area contributed by atoms with Gasteiger partial charge in [-0.2, -0.15) is 0 Å². The second-order valence-corrected chi connectivity index (χ2v) is 5.54. The Kier molecular flexibility index (Phi) is 3.43. The maximum absolute atomic E-state index is 12.5. The molecule has 0 bridgehead atoms. The van der Waals surface area contributed by atoms with Crippen molar-refractivity contribution < 1.29 is 14.4 Å². The molecule has 2 rings (SSSR count). The molecule has 0 aliphatic carbocycles. The molecule has 106 valence electrons. The summed E-state index contributed by atoms with van der Waals surface area (Å²) in [6.07, 6.45) is 0. The zero-order valence-electron chi connectivity index (χ0n) is 11.1. The van der Waals surface area contributed by atoms with Crippen LogP contribution in [0.4, 0.5) is 5.69 Å². The predicted molar refractivity (Wildman–Crippen MR) is 74.1 cm³/mol. The second kappa shape index (κ2) is 4.79. The summed E-state index contributed by atoms with van der Waals surface area (Å²) in [4.78, 5) is 37.0. The lowest BCUT2D eigenvalue weighted by molar-refractivity contribution is -0.143. The number of benzene rings is 1. The molecule has 1 saturated heterocycles. The van der Waals surface area contributed by atoms with E-state index in [-0.39, 0.29) is 12.1 Å². The Balaban J connectivity index is 2.40. The Morgan fingerprint density at radius 1 is 1.35 bits per heavy atom. The van der Waals surface area contributed by atoms with E-state index in [0.717, 1.165) is 0 Å². The summed E-state index contributed by atoms with van der Waals surface area (Å²) in [5.41, 5.74) is 5.11. The van der Waals surface area contributed by atoms with Gasteiger partial charge >= 0.3 is 0 Å². The van der Waals surface area contributed by atoms with Crippen LogP contribution in [0.3, 0.4) is 0 Å². The Labute approximate surface area is 120 Å². The van der Waals surface area contributed by atoms with Crippen molar-refractivity contribution in [3.63, 3.8) is 0 Å². The van der Waals surface area contributed by atoms with Crippen molar-refractivity contribution in [2.24, 2.45) is 0 Å². The highest BCUT2D eigenvalue weighted by atomic mass is 35.5. The maximum Gasteiger partial charge on any atom is 0.255 e. The number of halogens is 1. The predicted octanol–water partition coefficient (Wildman–Crippen LogP) is 0.799. The summed E-state index contributed by atoms with van der Waals surface area (Å²) in [7, 11) is 0. The van der Waals surface area contributed by atoms with Crippen molar-refractivity contribution in [3.8, 4) is 0 Å². The Bertz CT molecular complexity index is 593. The first-order chi connectivity index (χ1) is 9.21. The number of hydrogen-bond acceptors (Lipinski definition) is 4. The summed E-state index contributed by atoms with van der Waals surface area (Å²) in [6, 6.07) is 4.42. The van der Waals surface area contributed by atoms with Crippen molar-refractivity contribution in [3.05, 3.63) is 28.8 Å². The third-order valence-corrected chi connectivity index (χ3v) is 3.42. The lowest BCUT2D eigenvalue weighted by Gasteiger charge is -2.40. The average molecular weight is 296 g/mol. The summed E-state index contributed by atoms with van der Waals surface area (Å²) in [5, 5.41) is 2.52. The number of nitrogens with one attached hydrogen (secondary N) is 1. The third kappa shape index (κ3) is 2.46. The van der Waals surface area contributed by atoms with Crippen LogP contribution in [-0.4, -0.2) is 34.7 Å². The molecule has 1 aliphatic rings. The number of hydrogen-bond donors (Lipinski definition) is 2. The van der Waals surface area contributed by atoms with Gasteiger partial charge < -0.3 is 10.6 Å². The van der Waals surface area contributed by atoms with E-state index in [0.29, 0.717) is 10.7 Å². The standard InChI is InChI=1S/C13H14ClN3O3/c1-13(2)12(20)16-10(18)6-17(13)11(19)7-3-8(14)5-9(15)4-7/h3-5H,6,15H2,1-2H3,(H,16,18,20). The topological polar surface area (TPSA) is 92.5 Å². The SMILES string of the molecule is CC1(C)C(=O)NC(=O)CN1C(=O)c1cc(N)cc(Cl)c1. The first-order valence-electron chi connectivity index (χ1n) is 5.94. The van der Waals surface area contributed by atoms with Gasteiger partial charge in [0.1, 0.15) is 12.1 Å². The quantitative estimate of drug-likeness (QED) is 0.592. The van der Waals surface area contributed by atoms with Crippen LogP contribution in [0.15, 0.2) is 18.2 Å². The van der Waals surface area contributed by atoms with Gasteiger partial charge in [0.25, 0.3) is 11.8 Å². The molecule has 0 spiro atoms. The number of amides is 3. The molecule has 0 aromatic heterocycles. The molecule has 6 nitrogen and oxygen atoms in total. The number of rotatable bonds is 1. The molecule has 0 saturated carbocycles. The minimum atomic E-state index is -1.12. The Hall–Kier alpha value is -2.08. The molecule has 1 aromatic rings. The summed E-state index contributed by atoms with van der Waals surface area (Å²) >= 11 is 5.86. The number of carbonyl (C=O) groups is 3. The number of carbonyl (C=O) groups excluding carboxylic acids is 3. The minimum Gasteiger partial charge on any atom is -0.399 e. The van der Waals surface area contributed by atoms with Gasteiger partial charge in [0.05, 0.1) is 0 Å². The first kappa shape index (κ1) is 14.3. The number of nitrogens with two attached hydrogens (primary N) is 1. The van der Waals surface area contributed by atoms with Crippen LogP contribution in [0, 0.1) is 0 Å². The highest BCUT2D eigenvalue weighted by molar-refractivity contribution is 6.31. The van der Waals surface area contributed by atoms with E-state index in [4.69, 9.17) is 17.3 Å². The molecule has 0 unspecified atom stereocenters. The van der Waals surface area contributed by atoms with E-state index < -0.39 is 23.3 Å². The average Bonchev–Trinajstić information content (AvgIpc) is 2.32. The normalized spacial score (nSPS) is 17.9. The molecular formula is C13H14ClN3O3.